The summed E-state index contributed by atoms with van der Waals surface area (Å²) in [7, 11) is 0. The second-order valence-corrected chi connectivity index (χ2v) is 5.28. The molecule has 0 spiro atoms. The number of benzene rings is 1. The average molecular weight is 217 g/mol. The highest BCUT2D eigenvalue weighted by Crippen LogP contribution is 2.34. The van der Waals surface area contributed by atoms with Crippen LogP contribution in [-0.4, -0.2) is 0 Å². The van der Waals surface area contributed by atoms with Crippen LogP contribution >= 0.6 is 0 Å². The standard InChI is InChI=1S/C15H23N/c1-11-8-9-14(12(2)10-11)15(16)13-6-4-3-5-7-13/h8-10,13,15H,3-7,16H2,1-2H3/t15-/m0/s1. The monoisotopic (exact) mass is 217 g/mol. The zero-order valence-corrected chi connectivity index (χ0v) is 10.5. The molecule has 1 nitrogen and oxygen atoms in total. The van der Waals surface area contributed by atoms with Crippen LogP contribution in [0.2, 0.25) is 0 Å². The zero-order chi connectivity index (χ0) is 11.5. The van der Waals surface area contributed by atoms with Crippen molar-refractivity contribution in [1.29, 1.82) is 0 Å². The van der Waals surface area contributed by atoms with Crippen molar-refractivity contribution in [3.05, 3.63) is 34.9 Å². The summed E-state index contributed by atoms with van der Waals surface area (Å²) in [6, 6.07) is 6.91. The third-order valence-electron chi connectivity index (χ3n) is 3.94. The van der Waals surface area contributed by atoms with E-state index in [2.05, 4.69) is 32.0 Å². The van der Waals surface area contributed by atoms with E-state index in [4.69, 9.17) is 5.73 Å². The van der Waals surface area contributed by atoms with Crippen molar-refractivity contribution in [3.8, 4) is 0 Å². The van der Waals surface area contributed by atoms with Gasteiger partial charge in [0.1, 0.15) is 0 Å². The Labute approximate surface area is 99.0 Å². The second kappa shape index (κ2) is 5.01. The fraction of sp³-hybridized carbons (Fsp3) is 0.600. The average Bonchev–Trinajstić information content (AvgIpc) is 2.29. The molecule has 2 N–H and O–H groups in total. The van der Waals surface area contributed by atoms with E-state index in [1.165, 1.54) is 48.8 Å². The Morgan fingerprint density at radius 2 is 1.81 bits per heavy atom. The summed E-state index contributed by atoms with van der Waals surface area (Å²) in [4.78, 5) is 0. The van der Waals surface area contributed by atoms with Crippen LogP contribution in [0.3, 0.4) is 0 Å². The number of aryl methyl sites for hydroxylation is 2. The van der Waals surface area contributed by atoms with Gasteiger partial charge in [0.25, 0.3) is 0 Å². The Kier molecular flexibility index (Phi) is 3.65. The minimum atomic E-state index is 0.251. The van der Waals surface area contributed by atoms with Gasteiger partial charge >= 0.3 is 0 Å². The van der Waals surface area contributed by atoms with E-state index < -0.39 is 0 Å². The van der Waals surface area contributed by atoms with Crippen molar-refractivity contribution >= 4 is 0 Å². The highest BCUT2D eigenvalue weighted by Gasteiger charge is 2.22. The summed E-state index contributed by atoms with van der Waals surface area (Å²) in [5, 5.41) is 0. The summed E-state index contributed by atoms with van der Waals surface area (Å²) in [5.41, 5.74) is 10.5. The predicted octanol–water partition coefficient (Wildman–Crippen LogP) is 3.88. The first-order chi connectivity index (χ1) is 7.68. The van der Waals surface area contributed by atoms with Gasteiger partial charge in [0, 0.05) is 6.04 Å². The van der Waals surface area contributed by atoms with Crippen molar-refractivity contribution < 1.29 is 0 Å². The van der Waals surface area contributed by atoms with Gasteiger partial charge in [0.2, 0.25) is 0 Å². The zero-order valence-electron chi connectivity index (χ0n) is 10.5. The second-order valence-electron chi connectivity index (χ2n) is 5.28. The van der Waals surface area contributed by atoms with Crippen LogP contribution in [0.1, 0.15) is 54.8 Å². The van der Waals surface area contributed by atoms with Gasteiger partial charge < -0.3 is 5.73 Å². The molecule has 0 heterocycles. The van der Waals surface area contributed by atoms with Gasteiger partial charge in [-0.3, -0.25) is 0 Å². The Morgan fingerprint density at radius 1 is 1.12 bits per heavy atom. The topological polar surface area (TPSA) is 26.0 Å². The van der Waals surface area contributed by atoms with Gasteiger partial charge in [-0.25, -0.2) is 0 Å². The maximum atomic E-state index is 6.42. The minimum Gasteiger partial charge on any atom is -0.324 e. The summed E-state index contributed by atoms with van der Waals surface area (Å²) >= 11 is 0. The van der Waals surface area contributed by atoms with Crippen molar-refractivity contribution in [2.24, 2.45) is 11.7 Å². The van der Waals surface area contributed by atoms with E-state index >= 15 is 0 Å². The van der Waals surface area contributed by atoms with Crippen LogP contribution in [0, 0.1) is 19.8 Å². The Morgan fingerprint density at radius 3 is 2.44 bits per heavy atom. The Hall–Kier alpha value is -0.820. The van der Waals surface area contributed by atoms with E-state index in [0.29, 0.717) is 5.92 Å². The normalized spacial score (nSPS) is 19.7. The van der Waals surface area contributed by atoms with Crippen molar-refractivity contribution in [2.45, 2.75) is 52.0 Å². The Bertz CT molecular complexity index is 350. The van der Waals surface area contributed by atoms with Crippen LogP contribution in [0.15, 0.2) is 18.2 Å². The third-order valence-corrected chi connectivity index (χ3v) is 3.94. The van der Waals surface area contributed by atoms with Crippen molar-refractivity contribution in [3.63, 3.8) is 0 Å². The van der Waals surface area contributed by atoms with Crippen molar-refractivity contribution in [1.82, 2.24) is 0 Å². The van der Waals surface area contributed by atoms with E-state index in [9.17, 15) is 0 Å². The van der Waals surface area contributed by atoms with Crippen molar-refractivity contribution in [2.75, 3.05) is 0 Å². The lowest BCUT2D eigenvalue weighted by atomic mass is 9.80. The molecule has 1 atom stereocenters. The quantitative estimate of drug-likeness (QED) is 0.799. The van der Waals surface area contributed by atoms with Gasteiger partial charge in [0.05, 0.1) is 0 Å². The molecule has 1 aromatic carbocycles. The maximum Gasteiger partial charge on any atom is 0.0326 e. The number of hydrogen-bond acceptors (Lipinski definition) is 1. The molecule has 0 amide bonds. The fourth-order valence-corrected chi connectivity index (χ4v) is 2.95. The lowest BCUT2D eigenvalue weighted by molar-refractivity contribution is 0.307. The molecule has 0 saturated heterocycles. The van der Waals surface area contributed by atoms with Crippen LogP contribution < -0.4 is 5.73 Å². The van der Waals surface area contributed by atoms with Gasteiger partial charge in [-0.2, -0.15) is 0 Å². The molecular weight excluding hydrogens is 194 g/mol. The molecule has 16 heavy (non-hydrogen) atoms. The summed E-state index contributed by atoms with van der Waals surface area (Å²) < 4.78 is 0. The predicted molar refractivity (Wildman–Crippen MR) is 69.4 cm³/mol. The first kappa shape index (κ1) is 11.7. The lowest BCUT2D eigenvalue weighted by Crippen LogP contribution is -2.24. The molecule has 1 saturated carbocycles. The molecule has 1 aromatic rings. The largest absolute Gasteiger partial charge is 0.324 e. The number of rotatable bonds is 2. The maximum absolute atomic E-state index is 6.42. The molecule has 0 bridgehead atoms. The molecule has 2 rings (SSSR count). The molecular formula is C15H23N. The highest BCUT2D eigenvalue weighted by atomic mass is 14.7. The smallest absolute Gasteiger partial charge is 0.0326 e. The van der Waals surface area contributed by atoms with E-state index in [1.54, 1.807) is 0 Å². The van der Waals surface area contributed by atoms with Crippen LogP contribution in [0.25, 0.3) is 0 Å². The van der Waals surface area contributed by atoms with Gasteiger partial charge in [-0.1, -0.05) is 43.0 Å². The van der Waals surface area contributed by atoms with Gasteiger partial charge in [-0.15, -0.1) is 0 Å². The molecule has 1 heteroatoms. The Balaban J connectivity index is 2.15. The fourth-order valence-electron chi connectivity index (χ4n) is 2.95. The third kappa shape index (κ3) is 2.46. The number of nitrogens with two attached hydrogens (primary N) is 1. The van der Waals surface area contributed by atoms with Crippen LogP contribution in [0.4, 0.5) is 0 Å². The SMILES string of the molecule is Cc1ccc([C@@H](N)C2CCCCC2)c(C)c1. The summed E-state index contributed by atoms with van der Waals surface area (Å²) in [6.45, 7) is 4.33. The minimum absolute atomic E-state index is 0.251. The van der Waals surface area contributed by atoms with Crippen LogP contribution in [-0.2, 0) is 0 Å². The van der Waals surface area contributed by atoms with Gasteiger partial charge in [0.15, 0.2) is 0 Å². The number of hydrogen-bond donors (Lipinski definition) is 1. The van der Waals surface area contributed by atoms with Crippen LogP contribution in [0.5, 0.6) is 0 Å². The summed E-state index contributed by atoms with van der Waals surface area (Å²) in [5.74, 6) is 0.704. The van der Waals surface area contributed by atoms with E-state index in [1.807, 2.05) is 0 Å². The molecule has 88 valence electrons. The molecule has 0 aromatic heterocycles. The van der Waals surface area contributed by atoms with E-state index in [0.717, 1.165) is 0 Å². The van der Waals surface area contributed by atoms with E-state index in [-0.39, 0.29) is 6.04 Å². The highest BCUT2D eigenvalue weighted by molar-refractivity contribution is 5.33. The lowest BCUT2D eigenvalue weighted by Gasteiger charge is -2.28. The molecule has 0 radical (unpaired) electrons. The first-order valence-electron chi connectivity index (χ1n) is 6.51. The first-order valence-corrected chi connectivity index (χ1v) is 6.51. The molecule has 1 fully saturated rings. The molecule has 1 aliphatic carbocycles. The summed E-state index contributed by atoms with van der Waals surface area (Å²) in [6.07, 6.45) is 6.76. The molecule has 1 aliphatic rings. The molecule has 0 unspecified atom stereocenters. The van der Waals surface area contributed by atoms with Gasteiger partial charge in [-0.05, 0) is 43.7 Å². The molecule has 0 aliphatic heterocycles.